The second kappa shape index (κ2) is 4.66. The third-order valence-corrected chi connectivity index (χ3v) is 2.92. The second-order valence-corrected chi connectivity index (χ2v) is 4.26. The molecule has 0 bridgehead atoms. The van der Waals surface area contributed by atoms with Gasteiger partial charge in [0.05, 0.1) is 6.10 Å². The number of nitrogens with two attached hydrogens (primary N) is 1. The first-order chi connectivity index (χ1) is 7.29. The third kappa shape index (κ3) is 2.96. The zero-order valence-corrected chi connectivity index (χ0v) is 8.98. The van der Waals surface area contributed by atoms with Crippen molar-refractivity contribution >= 4 is 5.96 Å². The van der Waals surface area contributed by atoms with Gasteiger partial charge in [0.15, 0.2) is 5.96 Å². The van der Waals surface area contributed by atoms with Crippen LogP contribution in [0.2, 0.25) is 0 Å². The lowest BCUT2D eigenvalue weighted by molar-refractivity contribution is 0.129. The molecule has 0 spiro atoms. The smallest absolute Gasteiger partial charge is 0.188 e. The van der Waals surface area contributed by atoms with Crippen LogP contribution in [0.5, 0.6) is 0 Å². The summed E-state index contributed by atoms with van der Waals surface area (Å²) in [4.78, 5) is 4.34. The van der Waals surface area contributed by atoms with Gasteiger partial charge in [-0.25, -0.2) is 0 Å². The lowest BCUT2D eigenvalue weighted by Gasteiger charge is -2.12. The molecule has 0 radical (unpaired) electrons. The van der Waals surface area contributed by atoms with Crippen molar-refractivity contribution in [3.05, 3.63) is 12.7 Å². The lowest BCUT2D eigenvalue weighted by Crippen LogP contribution is -2.34. The zero-order chi connectivity index (χ0) is 10.7. The van der Waals surface area contributed by atoms with Crippen LogP contribution in [0.25, 0.3) is 0 Å². The zero-order valence-electron chi connectivity index (χ0n) is 8.98. The Bertz CT molecular complexity index is 261. The van der Waals surface area contributed by atoms with Crippen LogP contribution in [0.3, 0.4) is 0 Å². The van der Waals surface area contributed by atoms with Crippen molar-refractivity contribution in [3.63, 3.8) is 0 Å². The van der Waals surface area contributed by atoms with Gasteiger partial charge < -0.3 is 15.8 Å². The predicted octanol–water partition coefficient (Wildman–Crippen LogP) is 0.644. The maximum atomic E-state index is 5.75. The molecule has 15 heavy (non-hydrogen) atoms. The summed E-state index contributed by atoms with van der Waals surface area (Å²) in [5.41, 5.74) is 5.75. The number of hydrogen-bond acceptors (Lipinski definition) is 2. The molecule has 2 atom stereocenters. The number of nitrogens with zero attached hydrogens (tertiary/aromatic N) is 1. The fourth-order valence-corrected chi connectivity index (χ4v) is 1.81. The standard InChI is InChI=1S/C11H19N3O/c1-2-10-8(5-6-15-10)7-13-11(12)14-9-3-4-9/h2,8-10H,1,3-7H2,(H3,12,13,14)/t8-,10-/m0/s1. The van der Waals surface area contributed by atoms with Gasteiger partial charge in [0, 0.05) is 25.1 Å². The molecule has 1 heterocycles. The Labute approximate surface area is 90.6 Å². The van der Waals surface area contributed by atoms with Gasteiger partial charge in [-0.05, 0) is 19.3 Å². The molecule has 0 aromatic heterocycles. The molecular weight excluding hydrogens is 190 g/mol. The van der Waals surface area contributed by atoms with Crippen LogP contribution in [-0.2, 0) is 4.74 Å². The second-order valence-electron chi connectivity index (χ2n) is 4.26. The lowest BCUT2D eigenvalue weighted by atomic mass is 10.0. The molecule has 0 amide bonds. The highest BCUT2D eigenvalue weighted by Gasteiger charge is 2.26. The van der Waals surface area contributed by atoms with Crippen molar-refractivity contribution in [3.8, 4) is 0 Å². The van der Waals surface area contributed by atoms with Gasteiger partial charge in [-0.3, -0.25) is 4.99 Å². The molecule has 84 valence electrons. The SMILES string of the molecule is C=C[C@@H]1OCC[C@H]1CN=C(N)NC1CC1. The van der Waals surface area contributed by atoms with Gasteiger partial charge in [0.1, 0.15) is 0 Å². The highest BCUT2D eigenvalue weighted by Crippen LogP contribution is 2.22. The Hall–Kier alpha value is -1.03. The molecular formula is C11H19N3O. The van der Waals surface area contributed by atoms with E-state index < -0.39 is 0 Å². The van der Waals surface area contributed by atoms with Crippen LogP contribution in [0.15, 0.2) is 17.6 Å². The van der Waals surface area contributed by atoms with Crippen molar-refractivity contribution < 1.29 is 4.74 Å². The summed E-state index contributed by atoms with van der Waals surface area (Å²) in [7, 11) is 0. The number of nitrogens with one attached hydrogen (secondary N) is 1. The van der Waals surface area contributed by atoms with Gasteiger partial charge in [-0.2, -0.15) is 0 Å². The minimum absolute atomic E-state index is 0.155. The fourth-order valence-electron chi connectivity index (χ4n) is 1.81. The maximum absolute atomic E-state index is 5.75. The molecule has 4 nitrogen and oxygen atoms in total. The van der Waals surface area contributed by atoms with Crippen molar-refractivity contribution in [1.29, 1.82) is 0 Å². The number of guanidine groups is 1. The number of rotatable bonds is 4. The summed E-state index contributed by atoms with van der Waals surface area (Å²) < 4.78 is 5.49. The third-order valence-electron chi connectivity index (χ3n) is 2.92. The van der Waals surface area contributed by atoms with Gasteiger partial charge in [-0.1, -0.05) is 6.08 Å². The summed E-state index contributed by atoms with van der Waals surface area (Å²) in [6.07, 6.45) is 5.51. The molecule has 1 aliphatic carbocycles. The topological polar surface area (TPSA) is 59.6 Å². The normalized spacial score (nSPS) is 31.6. The number of aliphatic imine (C=N–C) groups is 1. The molecule has 3 N–H and O–H groups in total. The molecule has 1 saturated carbocycles. The molecule has 0 aromatic rings. The molecule has 1 aliphatic heterocycles. The molecule has 2 aliphatic rings. The maximum Gasteiger partial charge on any atom is 0.188 e. The van der Waals surface area contributed by atoms with E-state index in [0.29, 0.717) is 17.9 Å². The van der Waals surface area contributed by atoms with Crippen molar-refractivity contribution in [2.45, 2.75) is 31.4 Å². The Morgan fingerprint density at radius 3 is 3.00 bits per heavy atom. The van der Waals surface area contributed by atoms with Gasteiger partial charge >= 0.3 is 0 Å². The average molecular weight is 209 g/mol. The van der Waals surface area contributed by atoms with E-state index in [1.807, 2.05) is 6.08 Å². The van der Waals surface area contributed by atoms with Crippen molar-refractivity contribution in [2.24, 2.45) is 16.6 Å². The Balaban J connectivity index is 1.77. The Kier molecular flexibility index (Phi) is 3.26. The van der Waals surface area contributed by atoms with Crippen LogP contribution in [-0.4, -0.2) is 31.3 Å². The first-order valence-corrected chi connectivity index (χ1v) is 5.60. The number of ether oxygens (including phenoxy) is 1. The predicted molar refractivity (Wildman–Crippen MR) is 60.7 cm³/mol. The van der Waals surface area contributed by atoms with Gasteiger partial charge in [-0.15, -0.1) is 6.58 Å². The Morgan fingerprint density at radius 2 is 2.33 bits per heavy atom. The van der Waals surface area contributed by atoms with E-state index in [9.17, 15) is 0 Å². The largest absolute Gasteiger partial charge is 0.374 e. The van der Waals surface area contributed by atoms with Gasteiger partial charge in [0.25, 0.3) is 0 Å². The monoisotopic (exact) mass is 209 g/mol. The van der Waals surface area contributed by atoms with E-state index in [-0.39, 0.29) is 6.10 Å². The van der Waals surface area contributed by atoms with Crippen molar-refractivity contribution in [1.82, 2.24) is 5.32 Å². The van der Waals surface area contributed by atoms with Gasteiger partial charge in [0.2, 0.25) is 0 Å². The molecule has 2 fully saturated rings. The minimum Gasteiger partial charge on any atom is -0.374 e. The van der Waals surface area contributed by atoms with E-state index in [2.05, 4.69) is 16.9 Å². The van der Waals surface area contributed by atoms with E-state index in [0.717, 1.165) is 19.6 Å². The summed E-state index contributed by atoms with van der Waals surface area (Å²) in [6, 6.07) is 0.573. The summed E-state index contributed by atoms with van der Waals surface area (Å²) in [6.45, 7) is 5.31. The summed E-state index contributed by atoms with van der Waals surface area (Å²) in [5.74, 6) is 1.02. The number of hydrogen-bond donors (Lipinski definition) is 2. The molecule has 1 saturated heterocycles. The molecule has 4 heteroatoms. The molecule has 0 unspecified atom stereocenters. The first kappa shape index (κ1) is 10.5. The van der Waals surface area contributed by atoms with E-state index in [4.69, 9.17) is 10.5 Å². The average Bonchev–Trinajstić information content (AvgIpc) is 2.92. The van der Waals surface area contributed by atoms with E-state index >= 15 is 0 Å². The van der Waals surface area contributed by atoms with Crippen LogP contribution >= 0.6 is 0 Å². The van der Waals surface area contributed by atoms with Crippen LogP contribution in [0.1, 0.15) is 19.3 Å². The molecule has 2 rings (SSSR count). The molecule has 0 aromatic carbocycles. The fraction of sp³-hybridized carbons (Fsp3) is 0.727. The Morgan fingerprint density at radius 1 is 1.53 bits per heavy atom. The summed E-state index contributed by atoms with van der Waals surface area (Å²) in [5, 5.41) is 3.17. The quantitative estimate of drug-likeness (QED) is 0.406. The van der Waals surface area contributed by atoms with E-state index in [1.54, 1.807) is 0 Å². The minimum atomic E-state index is 0.155. The van der Waals surface area contributed by atoms with Crippen molar-refractivity contribution in [2.75, 3.05) is 13.2 Å². The van der Waals surface area contributed by atoms with E-state index in [1.165, 1.54) is 12.8 Å². The van der Waals surface area contributed by atoms with Crippen LogP contribution < -0.4 is 11.1 Å². The van der Waals surface area contributed by atoms with Crippen LogP contribution in [0, 0.1) is 5.92 Å². The highest BCUT2D eigenvalue weighted by atomic mass is 16.5. The first-order valence-electron chi connectivity index (χ1n) is 5.60. The summed E-state index contributed by atoms with van der Waals surface area (Å²) >= 11 is 0. The van der Waals surface area contributed by atoms with Crippen LogP contribution in [0.4, 0.5) is 0 Å². The highest BCUT2D eigenvalue weighted by molar-refractivity contribution is 5.78.